The molecule has 0 amide bonds. The monoisotopic (exact) mass is 266 g/mol. The Kier molecular flexibility index (Phi) is 17.5. The maximum atomic E-state index is 10.9. The van der Waals surface area contributed by atoms with Crippen LogP contribution in [-0.2, 0) is 9.59 Å². The van der Waals surface area contributed by atoms with Crippen molar-refractivity contribution < 1.29 is 9.59 Å². The van der Waals surface area contributed by atoms with E-state index < -0.39 is 0 Å². The number of rotatable bonds is 3. The summed E-state index contributed by atoms with van der Waals surface area (Å²) in [6.07, 6.45) is 0.667. The molecule has 0 radical (unpaired) electrons. The Balaban J connectivity index is -0.000000275. The summed E-state index contributed by atoms with van der Waals surface area (Å²) in [4.78, 5) is 20.8. The highest BCUT2D eigenvalue weighted by Gasteiger charge is 2.08. The Morgan fingerprint density at radius 3 is 1.68 bits per heavy atom. The van der Waals surface area contributed by atoms with Crippen molar-refractivity contribution in [3.8, 4) is 0 Å². The third kappa shape index (κ3) is 12.8. The van der Waals surface area contributed by atoms with Gasteiger partial charge in [0.1, 0.15) is 11.6 Å². The Morgan fingerprint density at radius 2 is 1.42 bits per heavy atom. The van der Waals surface area contributed by atoms with Crippen LogP contribution in [-0.4, -0.2) is 11.6 Å². The molecule has 2 heteroatoms. The van der Waals surface area contributed by atoms with Crippen molar-refractivity contribution in [3.63, 3.8) is 0 Å². The molecular formula is C17H30O2. The normalized spacial score (nSPS) is 9.58. The SMILES string of the molecule is C.CC.CC(=O)C(C)c1ccccc1.CCC(C)=O. The van der Waals surface area contributed by atoms with Gasteiger partial charge in [-0.2, -0.15) is 0 Å². The van der Waals surface area contributed by atoms with Gasteiger partial charge in [0.15, 0.2) is 0 Å². The van der Waals surface area contributed by atoms with E-state index in [-0.39, 0.29) is 24.9 Å². The first-order valence-corrected chi connectivity index (χ1v) is 6.53. The van der Waals surface area contributed by atoms with Crippen LogP contribution in [0.2, 0.25) is 0 Å². The minimum Gasteiger partial charge on any atom is -0.300 e. The predicted molar refractivity (Wildman–Crippen MR) is 84.6 cm³/mol. The zero-order valence-electron chi connectivity index (χ0n) is 12.5. The van der Waals surface area contributed by atoms with Gasteiger partial charge in [-0.1, -0.05) is 65.5 Å². The summed E-state index contributed by atoms with van der Waals surface area (Å²) in [5.41, 5.74) is 1.10. The largest absolute Gasteiger partial charge is 0.300 e. The zero-order valence-corrected chi connectivity index (χ0v) is 12.5. The van der Waals surface area contributed by atoms with Gasteiger partial charge in [-0.15, -0.1) is 0 Å². The fourth-order valence-electron chi connectivity index (χ4n) is 0.976. The van der Waals surface area contributed by atoms with Crippen LogP contribution in [0.25, 0.3) is 0 Å². The summed E-state index contributed by atoms with van der Waals surface area (Å²) in [7, 11) is 0. The average molecular weight is 266 g/mol. The second kappa shape index (κ2) is 14.6. The Hall–Kier alpha value is -1.44. The molecule has 0 spiro atoms. The first kappa shape index (κ1) is 22.7. The van der Waals surface area contributed by atoms with E-state index in [0.29, 0.717) is 6.42 Å². The molecule has 0 heterocycles. The van der Waals surface area contributed by atoms with Crippen molar-refractivity contribution in [3.05, 3.63) is 35.9 Å². The molecule has 0 fully saturated rings. The van der Waals surface area contributed by atoms with Crippen LogP contribution in [0.3, 0.4) is 0 Å². The molecule has 1 atom stereocenters. The number of hydrogen-bond acceptors (Lipinski definition) is 2. The van der Waals surface area contributed by atoms with Gasteiger partial charge >= 0.3 is 0 Å². The van der Waals surface area contributed by atoms with Crippen LogP contribution in [0, 0.1) is 0 Å². The molecule has 2 nitrogen and oxygen atoms in total. The topological polar surface area (TPSA) is 34.1 Å². The number of ketones is 2. The van der Waals surface area contributed by atoms with Crippen LogP contribution in [0.4, 0.5) is 0 Å². The molecule has 1 aromatic rings. The van der Waals surface area contributed by atoms with E-state index in [2.05, 4.69) is 0 Å². The van der Waals surface area contributed by atoms with Crippen molar-refractivity contribution in [2.45, 2.75) is 61.3 Å². The van der Waals surface area contributed by atoms with Crippen molar-refractivity contribution in [1.29, 1.82) is 0 Å². The van der Waals surface area contributed by atoms with Gasteiger partial charge in [-0.3, -0.25) is 4.79 Å². The first-order valence-electron chi connectivity index (χ1n) is 6.53. The fraction of sp³-hybridized carbons (Fsp3) is 0.529. The highest BCUT2D eigenvalue weighted by atomic mass is 16.1. The molecule has 0 aliphatic heterocycles. The molecule has 1 unspecified atom stereocenters. The highest BCUT2D eigenvalue weighted by molar-refractivity contribution is 5.82. The van der Waals surface area contributed by atoms with E-state index in [0.717, 1.165) is 5.56 Å². The van der Waals surface area contributed by atoms with Gasteiger partial charge in [-0.05, 0) is 19.4 Å². The third-order valence-corrected chi connectivity index (χ3v) is 2.41. The van der Waals surface area contributed by atoms with Gasteiger partial charge < -0.3 is 4.79 Å². The number of benzene rings is 1. The standard InChI is InChI=1S/C10H12O.C4H8O.C2H6.CH4/c1-8(9(2)11)10-6-4-3-5-7-10;1-3-4(2)5;1-2;/h3-8H,1-2H3;3H2,1-2H3;1-2H3;1H4. The fourth-order valence-corrected chi connectivity index (χ4v) is 0.976. The smallest absolute Gasteiger partial charge is 0.136 e. The minimum absolute atomic E-state index is 0. The van der Waals surface area contributed by atoms with Gasteiger partial charge in [0.2, 0.25) is 0 Å². The molecule has 0 saturated heterocycles. The maximum Gasteiger partial charge on any atom is 0.136 e. The summed E-state index contributed by atoms with van der Waals surface area (Å²) in [5, 5.41) is 0. The molecular weight excluding hydrogens is 236 g/mol. The second-order valence-electron chi connectivity index (χ2n) is 3.80. The number of hydrogen-bond donors (Lipinski definition) is 0. The lowest BCUT2D eigenvalue weighted by Gasteiger charge is -2.05. The molecule has 1 rings (SSSR count). The lowest BCUT2D eigenvalue weighted by molar-refractivity contribution is -0.118. The van der Waals surface area contributed by atoms with Gasteiger partial charge in [0, 0.05) is 12.3 Å². The van der Waals surface area contributed by atoms with Crippen LogP contribution >= 0.6 is 0 Å². The Bertz CT molecular complexity index is 328. The highest BCUT2D eigenvalue weighted by Crippen LogP contribution is 2.14. The van der Waals surface area contributed by atoms with Crippen LogP contribution in [0.5, 0.6) is 0 Å². The summed E-state index contributed by atoms with van der Waals surface area (Å²) < 4.78 is 0. The van der Waals surface area contributed by atoms with Crippen LogP contribution in [0.1, 0.15) is 66.9 Å². The van der Waals surface area contributed by atoms with Crippen molar-refractivity contribution in [1.82, 2.24) is 0 Å². The lowest BCUT2D eigenvalue weighted by Crippen LogP contribution is -2.03. The summed E-state index contributed by atoms with van der Waals surface area (Å²) >= 11 is 0. The molecule has 0 aromatic heterocycles. The molecule has 0 aliphatic rings. The Morgan fingerprint density at radius 1 is 1.05 bits per heavy atom. The molecule has 0 bridgehead atoms. The zero-order chi connectivity index (χ0) is 14.6. The van der Waals surface area contributed by atoms with Crippen molar-refractivity contribution >= 4 is 11.6 Å². The van der Waals surface area contributed by atoms with E-state index in [1.165, 1.54) is 0 Å². The Labute approximate surface area is 119 Å². The first-order chi connectivity index (χ1) is 8.49. The van der Waals surface area contributed by atoms with E-state index in [9.17, 15) is 9.59 Å². The quantitative estimate of drug-likeness (QED) is 0.769. The van der Waals surface area contributed by atoms with Crippen molar-refractivity contribution in [2.24, 2.45) is 0 Å². The second-order valence-corrected chi connectivity index (χ2v) is 3.80. The predicted octanol–water partition coefficient (Wildman–Crippen LogP) is 5.03. The van der Waals surface area contributed by atoms with Gasteiger partial charge in [-0.25, -0.2) is 0 Å². The average Bonchev–Trinajstić information content (AvgIpc) is 2.41. The number of carbonyl (C=O) groups excluding carboxylic acids is 2. The van der Waals surface area contributed by atoms with Crippen LogP contribution < -0.4 is 0 Å². The molecule has 110 valence electrons. The van der Waals surface area contributed by atoms with Crippen LogP contribution in [0.15, 0.2) is 30.3 Å². The maximum absolute atomic E-state index is 10.9. The molecule has 19 heavy (non-hydrogen) atoms. The summed E-state index contributed by atoms with van der Waals surface area (Å²) in [5.74, 6) is 0.511. The van der Waals surface area contributed by atoms with E-state index in [1.807, 2.05) is 58.0 Å². The molecule has 0 saturated carbocycles. The number of Topliss-reactive ketones (excluding diaryl/α,β-unsaturated/α-hetero) is 2. The molecule has 1 aromatic carbocycles. The van der Waals surface area contributed by atoms with E-state index in [4.69, 9.17) is 0 Å². The third-order valence-electron chi connectivity index (χ3n) is 2.41. The van der Waals surface area contributed by atoms with Gasteiger partial charge in [0.05, 0.1) is 0 Å². The summed E-state index contributed by atoms with van der Waals surface area (Å²) in [6, 6.07) is 9.82. The molecule has 0 N–H and O–H groups in total. The van der Waals surface area contributed by atoms with Crippen molar-refractivity contribution in [2.75, 3.05) is 0 Å². The molecule has 0 aliphatic carbocycles. The number of carbonyl (C=O) groups is 2. The van der Waals surface area contributed by atoms with Gasteiger partial charge in [0.25, 0.3) is 0 Å². The van der Waals surface area contributed by atoms with E-state index >= 15 is 0 Å². The lowest BCUT2D eigenvalue weighted by atomic mass is 9.98. The summed E-state index contributed by atoms with van der Waals surface area (Å²) in [6.45, 7) is 11.0. The van der Waals surface area contributed by atoms with E-state index in [1.54, 1.807) is 13.8 Å². The minimum atomic E-state index is 0.